The molecule has 2 N–H and O–H groups in total. The second kappa shape index (κ2) is 7.30. The van der Waals surface area contributed by atoms with Crippen molar-refractivity contribution in [2.24, 2.45) is 0 Å². The van der Waals surface area contributed by atoms with Crippen LogP contribution < -0.4 is 5.32 Å². The second-order valence-corrected chi connectivity index (χ2v) is 6.61. The van der Waals surface area contributed by atoms with Gasteiger partial charge in [-0.25, -0.2) is 0 Å². The molecule has 1 unspecified atom stereocenters. The fourth-order valence-electron chi connectivity index (χ4n) is 2.04. The summed E-state index contributed by atoms with van der Waals surface area (Å²) < 4.78 is 0.861. The maximum absolute atomic E-state index is 10.2. The van der Waals surface area contributed by atoms with E-state index in [2.05, 4.69) is 47.2 Å². The van der Waals surface area contributed by atoms with Crippen LogP contribution in [-0.4, -0.2) is 11.7 Å². The monoisotopic (exact) mass is 367 g/mol. The molecule has 0 aliphatic carbocycles. The number of aliphatic hydroxyl groups is 1. The number of halogens is 2. The Hall–Kier alpha value is -1.03. The highest BCUT2D eigenvalue weighted by Gasteiger charge is 2.08. The highest BCUT2D eigenvalue weighted by molar-refractivity contribution is 9.10. The summed E-state index contributed by atoms with van der Waals surface area (Å²) in [5.74, 6) is 0.499. The van der Waals surface area contributed by atoms with E-state index in [0.29, 0.717) is 17.5 Å². The van der Waals surface area contributed by atoms with E-state index < -0.39 is 6.10 Å². The number of benzene rings is 2. The van der Waals surface area contributed by atoms with Crippen LogP contribution in [0, 0.1) is 0 Å². The lowest BCUT2D eigenvalue weighted by atomic mass is 10.00. The third kappa shape index (κ3) is 4.47. The molecule has 2 aromatic rings. The fraction of sp³-hybridized carbons (Fsp3) is 0.294. The first kappa shape index (κ1) is 16.3. The van der Waals surface area contributed by atoms with Crippen LogP contribution in [0.3, 0.4) is 0 Å². The molecular formula is C17H19BrClNO. The van der Waals surface area contributed by atoms with Gasteiger partial charge in [-0.3, -0.25) is 0 Å². The molecule has 0 aliphatic rings. The van der Waals surface area contributed by atoms with E-state index in [9.17, 15) is 5.11 Å². The SMILES string of the molecule is CC(C)c1ccc(C(O)CNc2ccc(Br)c(Cl)c2)cc1. The van der Waals surface area contributed by atoms with E-state index in [0.717, 1.165) is 15.7 Å². The molecule has 2 aromatic carbocycles. The third-order valence-electron chi connectivity index (χ3n) is 3.41. The van der Waals surface area contributed by atoms with E-state index in [1.165, 1.54) is 5.56 Å². The minimum atomic E-state index is -0.548. The minimum Gasteiger partial charge on any atom is -0.387 e. The zero-order chi connectivity index (χ0) is 15.4. The second-order valence-electron chi connectivity index (χ2n) is 5.35. The zero-order valence-electron chi connectivity index (χ0n) is 12.1. The van der Waals surface area contributed by atoms with E-state index in [4.69, 9.17) is 11.6 Å². The molecule has 0 saturated carbocycles. The Balaban J connectivity index is 1.97. The number of anilines is 1. The van der Waals surface area contributed by atoms with Gasteiger partial charge in [0.05, 0.1) is 11.1 Å². The normalized spacial score (nSPS) is 12.5. The van der Waals surface area contributed by atoms with Gasteiger partial charge in [0.2, 0.25) is 0 Å². The van der Waals surface area contributed by atoms with Crippen LogP contribution in [0.4, 0.5) is 5.69 Å². The Morgan fingerprint density at radius 3 is 2.29 bits per heavy atom. The Bertz CT molecular complexity index is 598. The van der Waals surface area contributed by atoms with Crippen molar-refractivity contribution in [1.29, 1.82) is 0 Å². The lowest BCUT2D eigenvalue weighted by Gasteiger charge is -2.15. The minimum absolute atomic E-state index is 0.443. The van der Waals surface area contributed by atoms with Gasteiger partial charge >= 0.3 is 0 Å². The molecule has 0 saturated heterocycles. The summed E-state index contributed by atoms with van der Waals surface area (Å²) in [5, 5.41) is 14.1. The highest BCUT2D eigenvalue weighted by atomic mass is 79.9. The van der Waals surface area contributed by atoms with Crippen molar-refractivity contribution in [3.05, 3.63) is 63.1 Å². The summed E-state index contributed by atoms with van der Waals surface area (Å²) in [6, 6.07) is 13.7. The largest absolute Gasteiger partial charge is 0.387 e. The number of hydrogen-bond acceptors (Lipinski definition) is 2. The highest BCUT2D eigenvalue weighted by Crippen LogP contribution is 2.26. The van der Waals surface area contributed by atoms with Gasteiger partial charge in [-0.05, 0) is 51.2 Å². The topological polar surface area (TPSA) is 32.3 Å². The molecule has 0 spiro atoms. The van der Waals surface area contributed by atoms with Crippen molar-refractivity contribution >= 4 is 33.2 Å². The fourth-order valence-corrected chi connectivity index (χ4v) is 2.47. The molecule has 2 nitrogen and oxygen atoms in total. The first-order valence-corrected chi connectivity index (χ1v) is 8.11. The smallest absolute Gasteiger partial charge is 0.0962 e. The van der Waals surface area contributed by atoms with Gasteiger partial charge in [0, 0.05) is 16.7 Å². The molecule has 0 aliphatic heterocycles. The van der Waals surface area contributed by atoms with Gasteiger partial charge in [-0.1, -0.05) is 49.7 Å². The predicted molar refractivity (Wildman–Crippen MR) is 93.1 cm³/mol. The standard InChI is InChI=1S/C17H19BrClNO/c1-11(2)12-3-5-13(6-4-12)17(21)10-20-14-7-8-15(18)16(19)9-14/h3-9,11,17,20-21H,10H2,1-2H3. The molecule has 0 heterocycles. The summed E-state index contributed by atoms with van der Waals surface area (Å²) in [6.45, 7) is 4.76. The van der Waals surface area contributed by atoms with Crippen LogP contribution >= 0.6 is 27.5 Å². The predicted octanol–water partition coefficient (Wildman–Crippen LogP) is 5.37. The Morgan fingerprint density at radius 2 is 1.71 bits per heavy atom. The van der Waals surface area contributed by atoms with Gasteiger partial charge in [-0.2, -0.15) is 0 Å². The third-order valence-corrected chi connectivity index (χ3v) is 4.64. The average molecular weight is 369 g/mol. The van der Waals surface area contributed by atoms with Gasteiger partial charge < -0.3 is 10.4 Å². The Morgan fingerprint density at radius 1 is 1.10 bits per heavy atom. The molecule has 0 fully saturated rings. The summed E-state index contributed by atoms with van der Waals surface area (Å²) in [5.41, 5.74) is 3.08. The molecule has 2 rings (SSSR count). The van der Waals surface area contributed by atoms with Crippen LogP contribution in [0.2, 0.25) is 5.02 Å². The molecule has 1 atom stereocenters. The van der Waals surface area contributed by atoms with Crippen molar-refractivity contribution < 1.29 is 5.11 Å². The van der Waals surface area contributed by atoms with Gasteiger partial charge in [0.25, 0.3) is 0 Å². The quantitative estimate of drug-likeness (QED) is 0.743. The van der Waals surface area contributed by atoms with Crippen LogP contribution in [0.25, 0.3) is 0 Å². The summed E-state index contributed by atoms with van der Waals surface area (Å²) in [6.07, 6.45) is -0.548. The average Bonchev–Trinajstić information content (AvgIpc) is 2.48. The van der Waals surface area contributed by atoms with E-state index in [1.54, 1.807) is 0 Å². The Labute approximate surface area is 139 Å². The maximum atomic E-state index is 10.2. The number of hydrogen-bond donors (Lipinski definition) is 2. The van der Waals surface area contributed by atoms with Crippen molar-refractivity contribution in [2.75, 3.05) is 11.9 Å². The van der Waals surface area contributed by atoms with Crippen molar-refractivity contribution in [2.45, 2.75) is 25.9 Å². The molecule has 0 aromatic heterocycles. The molecule has 4 heteroatoms. The van der Waals surface area contributed by atoms with Gasteiger partial charge in [-0.15, -0.1) is 0 Å². The molecular weight excluding hydrogens is 350 g/mol. The van der Waals surface area contributed by atoms with Crippen molar-refractivity contribution in [3.8, 4) is 0 Å². The maximum Gasteiger partial charge on any atom is 0.0962 e. The van der Waals surface area contributed by atoms with Gasteiger partial charge in [0.15, 0.2) is 0 Å². The van der Waals surface area contributed by atoms with E-state index in [-0.39, 0.29) is 0 Å². The first-order chi connectivity index (χ1) is 9.97. The molecule has 0 bridgehead atoms. The summed E-state index contributed by atoms with van der Waals surface area (Å²) in [4.78, 5) is 0. The summed E-state index contributed by atoms with van der Waals surface area (Å²) >= 11 is 9.40. The first-order valence-electron chi connectivity index (χ1n) is 6.94. The number of rotatable bonds is 5. The van der Waals surface area contributed by atoms with Crippen molar-refractivity contribution in [3.63, 3.8) is 0 Å². The van der Waals surface area contributed by atoms with Crippen molar-refractivity contribution in [1.82, 2.24) is 0 Å². The zero-order valence-corrected chi connectivity index (χ0v) is 14.4. The molecule has 21 heavy (non-hydrogen) atoms. The summed E-state index contributed by atoms with van der Waals surface area (Å²) in [7, 11) is 0. The number of aliphatic hydroxyl groups excluding tert-OH is 1. The van der Waals surface area contributed by atoms with Gasteiger partial charge in [0.1, 0.15) is 0 Å². The Kier molecular flexibility index (Phi) is 5.68. The lowest BCUT2D eigenvalue weighted by Crippen LogP contribution is -2.12. The molecule has 0 radical (unpaired) electrons. The van der Waals surface area contributed by atoms with Crippen LogP contribution in [-0.2, 0) is 0 Å². The molecule has 112 valence electrons. The molecule has 0 amide bonds. The van der Waals surface area contributed by atoms with Crippen LogP contribution in [0.15, 0.2) is 46.9 Å². The van der Waals surface area contributed by atoms with Crippen LogP contribution in [0.1, 0.15) is 37.0 Å². The van der Waals surface area contributed by atoms with E-state index in [1.807, 2.05) is 30.3 Å². The lowest BCUT2D eigenvalue weighted by molar-refractivity contribution is 0.191. The van der Waals surface area contributed by atoms with E-state index >= 15 is 0 Å². The number of nitrogens with one attached hydrogen (secondary N) is 1. The van der Waals surface area contributed by atoms with Crippen LogP contribution in [0.5, 0.6) is 0 Å².